The van der Waals surface area contributed by atoms with Crippen LogP contribution in [0.4, 0.5) is 10.5 Å². The van der Waals surface area contributed by atoms with Gasteiger partial charge < -0.3 is 20.5 Å². The zero-order chi connectivity index (χ0) is 19.5. The quantitative estimate of drug-likeness (QED) is 0.851. The molecular formula is C22H27N3O3. The Hall–Kier alpha value is -2.73. The van der Waals surface area contributed by atoms with E-state index in [4.69, 9.17) is 10.5 Å². The minimum atomic E-state index is -0.705. The molecule has 2 unspecified atom stereocenters. The van der Waals surface area contributed by atoms with Crippen molar-refractivity contribution in [3.05, 3.63) is 59.7 Å². The minimum Gasteiger partial charge on any atom is -0.508 e. The number of ether oxygens (including phenoxy) is 1. The Morgan fingerprint density at radius 3 is 2.50 bits per heavy atom. The molecule has 6 nitrogen and oxygen atoms in total. The largest absolute Gasteiger partial charge is 0.508 e. The normalized spacial score (nSPS) is 22.5. The van der Waals surface area contributed by atoms with E-state index in [0.29, 0.717) is 5.75 Å². The molecule has 0 radical (unpaired) electrons. The minimum absolute atomic E-state index is 0.252. The Kier molecular flexibility index (Phi) is 5.39. The highest BCUT2D eigenvalue weighted by Gasteiger charge is 2.33. The molecular weight excluding hydrogens is 354 g/mol. The van der Waals surface area contributed by atoms with Crippen LogP contribution in [0.5, 0.6) is 5.75 Å². The van der Waals surface area contributed by atoms with Crippen molar-refractivity contribution in [2.24, 2.45) is 11.7 Å². The third-order valence-electron chi connectivity index (χ3n) is 5.90. The van der Waals surface area contributed by atoms with Crippen LogP contribution in [0.1, 0.15) is 23.7 Å². The molecule has 2 aromatic carbocycles. The Balaban J connectivity index is 1.40. The number of hydrogen-bond donors (Lipinski definition) is 2. The Labute approximate surface area is 165 Å². The van der Waals surface area contributed by atoms with Gasteiger partial charge in [0.25, 0.3) is 0 Å². The van der Waals surface area contributed by atoms with Crippen LogP contribution in [0.2, 0.25) is 0 Å². The summed E-state index contributed by atoms with van der Waals surface area (Å²) in [5, 5.41) is 9.46. The van der Waals surface area contributed by atoms with Gasteiger partial charge in [-0.3, -0.25) is 4.90 Å². The van der Waals surface area contributed by atoms with Crippen molar-refractivity contribution in [1.82, 2.24) is 4.90 Å². The van der Waals surface area contributed by atoms with E-state index in [1.165, 1.54) is 5.56 Å². The van der Waals surface area contributed by atoms with Gasteiger partial charge in [0.05, 0.1) is 0 Å². The molecule has 1 amide bonds. The molecule has 2 aliphatic rings. The van der Waals surface area contributed by atoms with Crippen LogP contribution in [0.3, 0.4) is 0 Å². The molecule has 28 heavy (non-hydrogen) atoms. The molecule has 0 bridgehead atoms. The topological polar surface area (TPSA) is 79.0 Å². The summed E-state index contributed by atoms with van der Waals surface area (Å²) in [5.74, 6) is 0.545. The van der Waals surface area contributed by atoms with Gasteiger partial charge in [0.2, 0.25) is 0 Å². The molecule has 1 aliphatic carbocycles. The van der Waals surface area contributed by atoms with Crippen LogP contribution in [-0.2, 0) is 11.2 Å². The number of carbonyl (C=O) groups is 1. The molecule has 1 saturated heterocycles. The third kappa shape index (κ3) is 4.07. The fourth-order valence-corrected chi connectivity index (χ4v) is 4.44. The highest BCUT2D eigenvalue weighted by Crippen LogP contribution is 2.37. The number of nitrogens with two attached hydrogens (primary N) is 1. The standard InChI is InChI=1S/C22H27N3O3/c23-22(27)28-21-17(6-5-16-3-1-2-4-20(16)21)15-24-11-13-25(14-12-24)18-7-9-19(26)10-8-18/h1-4,7-10,17,21,26H,5-6,11-15H2,(H2,23,27). The van der Waals surface area contributed by atoms with Crippen molar-refractivity contribution in [2.45, 2.75) is 18.9 Å². The molecule has 4 rings (SSSR count). The highest BCUT2D eigenvalue weighted by molar-refractivity contribution is 5.65. The molecule has 3 N–H and O–H groups in total. The van der Waals surface area contributed by atoms with Crippen LogP contribution in [-0.4, -0.2) is 48.8 Å². The number of fused-ring (bicyclic) bond motifs is 1. The summed E-state index contributed by atoms with van der Waals surface area (Å²) in [5.41, 5.74) is 8.86. The summed E-state index contributed by atoms with van der Waals surface area (Å²) in [7, 11) is 0. The van der Waals surface area contributed by atoms with Gasteiger partial charge >= 0.3 is 6.09 Å². The fraction of sp³-hybridized carbons (Fsp3) is 0.409. The molecule has 148 valence electrons. The van der Waals surface area contributed by atoms with E-state index < -0.39 is 6.09 Å². The lowest BCUT2D eigenvalue weighted by Gasteiger charge is -2.40. The lowest BCUT2D eigenvalue weighted by Crippen LogP contribution is -2.49. The number of phenols is 1. The van der Waals surface area contributed by atoms with Crippen molar-refractivity contribution in [3.8, 4) is 5.75 Å². The van der Waals surface area contributed by atoms with Gasteiger partial charge in [0.1, 0.15) is 11.9 Å². The predicted octanol–water partition coefficient (Wildman–Crippen LogP) is 2.91. The van der Waals surface area contributed by atoms with Gasteiger partial charge in [-0.1, -0.05) is 24.3 Å². The summed E-state index contributed by atoms with van der Waals surface area (Å²) >= 11 is 0. The average Bonchev–Trinajstić information content (AvgIpc) is 2.71. The van der Waals surface area contributed by atoms with E-state index in [0.717, 1.165) is 56.8 Å². The van der Waals surface area contributed by atoms with Crippen LogP contribution in [0.15, 0.2) is 48.5 Å². The first-order chi connectivity index (χ1) is 13.6. The number of amides is 1. The van der Waals surface area contributed by atoms with Gasteiger partial charge in [-0.05, 0) is 48.2 Å². The second-order valence-corrected chi connectivity index (χ2v) is 7.66. The zero-order valence-corrected chi connectivity index (χ0v) is 16.0. The first-order valence-electron chi connectivity index (χ1n) is 9.90. The predicted molar refractivity (Wildman–Crippen MR) is 108 cm³/mol. The number of nitrogens with zero attached hydrogens (tertiary/aromatic N) is 2. The van der Waals surface area contributed by atoms with Crippen molar-refractivity contribution in [1.29, 1.82) is 0 Å². The number of anilines is 1. The Morgan fingerprint density at radius 2 is 1.79 bits per heavy atom. The molecule has 1 fully saturated rings. The number of aryl methyl sites for hydroxylation is 1. The first kappa shape index (κ1) is 18.6. The SMILES string of the molecule is NC(=O)OC1c2ccccc2CCC1CN1CCN(c2ccc(O)cc2)CC1. The van der Waals surface area contributed by atoms with Crippen molar-refractivity contribution in [3.63, 3.8) is 0 Å². The van der Waals surface area contributed by atoms with Crippen LogP contribution in [0.25, 0.3) is 0 Å². The third-order valence-corrected chi connectivity index (χ3v) is 5.90. The maximum Gasteiger partial charge on any atom is 0.405 e. The lowest BCUT2D eigenvalue weighted by atomic mass is 9.81. The van der Waals surface area contributed by atoms with Gasteiger partial charge in [0, 0.05) is 44.3 Å². The van der Waals surface area contributed by atoms with Gasteiger partial charge in [-0.2, -0.15) is 0 Å². The number of benzene rings is 2. The maximum atomic E-state index is 11.5. The summed E-state index contributed by atoms with van der Waals surface area (Å²) in [6, 6.07) is 15.6. The first-order valence-corrected chi connectivity index (χ1v) is 9.90. The lowest BCUT2D eigenvalue weighted by molar-refractivity contribution is 0.0407. The number of piperazine rings is 1. The van der Waals surface area contributed by atoms with E-state index in [9.17, 15) is 9.90 Å². The monoisotopic (exact) mass is 381 g/mol. The second kappa shape index (κ2) is 8.10. The van der Waals surface area contributed by atoms with E-state index in [-0.39, 0.29) is 12.0 Å². The summed E-state index contributed by atoms with van der Waals surface area (Å²) in [4.78, 5) is 16.3. The van der Waals surface area contributed by atoms with E-state index in [1.54, 1.807) is 12.1 Å². The maximum absolute atomic E-state index is 11.5. The van der Waals surface area contributed by atoms with E-state index in [1.807, 2.05) is 24.3 Å². The number of carbonyl (C=O) groups excluding carboxylic acids is 1. The van der Waals surface area contributed by atoms with Crippen molar-refractivity contribution in [2.75, 3.05) is 37.6 Å². The molecule has 0 spiro atoms. The fourth-order valence-electron chi connectivity index (χ4n) is 4.44. The number of aromatic hydroxyl groups is 1. The zero-order valence-electron chi connectivity index (χ0n) is 16.0. The number of hydrogen-bond acceptors (Lipinski definition) is 5. The highest BCUT2D eigenvalue weighted by atomic mass is 16.6. The smallest absolute Gasteiger partial charge is 0.405 e. The number of rotatable bonds is 4. The summed E-state index contributed by atoms with van der Waals surface area (Å²) < 4.78 is 5.55. The number of primary amides is 1. The molecule has 0 aromatic heterocycles. The van der Waals surface area contributed by atoms with Gasteiger partial charge in [0.15, 0.2) is 0 Å². The Morgan fingerprint density at radius 1 is 1.07 bits per heavy atom. The molecule has 2 atom stereocenters. The van der Waals surface area contributed by atoms with Crippen LogP contribution < -0.4 is 10.6 Å². The Bertz CT molecular complexity index is 816. The number of phenolic OH excluding ortho intramolecular Hbond substituents is 1. The van der Waals surface area contributed by atoms with Crippen LogP contribution in [0, 0.1) is 5.92 Å². The van der Waals surface area contributed by atoms with Crippen LogP contribution >= 0.6 is 0 Å². The van der Waals surface area contributed by atoms with E-state index >= 15 is 0 Å². The van der Waals surface area contributed by atoms with Crippen molar-refractivity contribution < 1.29 is 14.6 Å². The average molecular weight is 381 g/mol. The van der Waals surface area contributed by atoms with Gasteiger partial charge in [-0.25, -0.2) is 4.79 Å². The molecule has 6 heteroatoms. The molecule has 2 aromatic rings. The van der Waals surface area contributed by atoms with E-state index in [2.05, 4.69) is 21.9 Å². The summed E-state index contributed by atoms with van der Waals surface area (Å²) in [6.07, 6.45) is 1.03. The summed E-state index contributed by atoms with van der Waals surface area (Å²) in [6.45, 7) is 4.70. The van der Waals surface area contributed by atoms with Crippen molar-refractivity contribution >= 4 is 11.8 Å². The molecule has 1 heterocycles. The second-order valence-electron chi connectivity index (χ2n) is 7.66. The molecule has 0 saturated carbocycles. The van der Waals surface area contributed by atoms with Gasteiger partial charge in [-0.15, -0.1) is 0 Å². The molecule has 1 aliphatic heterocycles.